The molecule has 2 amide bonds. The molecule has 2 aromatic heterocycles. The van der Waals surface area contributed by atoms with Gasteiger partial charge in [-0.05, 0) is 19.9 Å². The van der Waals surface area contributed by atoms with Gasteiger partial charge in [0.1, 0.15) is 5.82 Å². The number of hydrogen-bond donors (Lipinski definition) is 2. The second kappa shape index (κ2) is 7.19. The van der Waals surface area contributed by atoms with Gasteiger partial charge in [-0.2, -0.15) is 5.10 Å². The molecule has 2 atom stereocenters. The number of carbonyl (C=O) groups excluding carboxylic acids is 2. The third-order valence-corrected chi connectivity index (χ3v) is 5.50. The monoisotopic (exact) mass is 390 g/mol. The van der Waals surface area contributed by atoms with Crippen molar-refractivity contribution in [3.8, 4) is 0 Å². The number of halogens is 1. The van der Waals surface area contributed by atoms with Crippen molar-refractivity contribution in [1.82, 2.24) is 19.7 Å². The number of primary amides is 1. The van der Waals surface area contributed by atoms with Gasteiger partial charge >= 0.3 is 0 Å². The summed E-state index contributed by atoms with van der Waals surface area (Å²) < 4.78 is 1.84. The quantitative estimate of drug-likeness (QED) is 0.809. The Morgan fingerprint density at radius 1 is 1.41 bits per heavy atom. The lowest BCUT2D eigenvalue weighted by Crippen LogP contribution is -2.27. The molecule has 3 N–H and O–H groups in total. The van der Waals surface area contributed by atoms with E-state index in [4.69, 9.17) is 17.3 Å². The normalized spacial score (nSPS) is 19.6. The first-order chi connectivity index (χ1) is 12.7. The molecule has 1 aliphatic rings. The van der Waals surface area contributed by atoms with Gasteiger partial charge in [0.2, 0.25) is 11.8 Å². The lowest BCUT2D eigenvalue weighted by Gasteiger charge is -2.26. The highest BCUT2D eigenvalue weighted by Crippen LogP contribution is 2.39. The molecule has 0 unspecified atom stereocenters. The maximum absolute atomic E-state index is 12.4. The molecule has 1 saturated heterocycles. The van der Waals surface area contributed by atoms with Crippen molar-refractivity contribution in [2.45, 2.75) is 26.3 Å². The van der Waals surface area contributed by atoms with Crippen LogP contribution in [0, 0.1) is 19.8 Å². The largest absolute Gasteiger partial charge is 0.368 e. The Balaban J connectivity index is 1.83. The summed E-state index contributed by atoms with van der Waals surface area (Å²) in [5.41, 5.74) is 8.55. The van der Waals surface area contributed by atoms with Crippen LogP contribution in [-0.2, 0) is 11.8 Å². The number of hydrogen-bond acceptors (Lipinski definition) is 5. The number of aromatic nitrogens is 3. The fourth-order valence-corrected chi connectivity index (χ4v) is 3.95. The van der Waals surface area contributed by atoms with Crippen LogP contribution in [0.15, 0.2) is 12.3 Å². The van der Waals surface area contributed by atoms with E-state index in [1.807, 2.05) is 32.6 Å². The Morgan fingerprint density at radius 3 is 2.67 bits per heavy atom. The maximum Gasteiger partial charge on any atom is 0.250 e. The van der Waals surface area contributed by atoms with E-state index in [0.717, 1.165) is 17.0 Å². The second-order valence-electron chi connectivity index (χ2n) is 6.92. The SMILES string of the molecule is Cc1nn(C)c(C)c1[C@H]1[C@H](CNc2ncc(C(N)=O)cc2Cl)CC(=O)N1C. The number of aryl methyl sites for hydroxylation is 2. The maximum atomic E-state index is 12.4. The predicted octanol–water partition coefficient (Wildman–Crippen LogP) is 1.82. The van der Waals surface area contributed by atoms with Crippen LogP contribution < -0.4 is 11.1 Å². The van der Waals surface area contributed by atoms with Gasteiger partial charge in [0.25, 0.3) is 0 Å². The molecule has 9 heteroatoms. The van der Waals surface area contributed by atoms with E-state index in [0.29, 0.717) is 23.8 Å². The molecule has 27 heavy (non-hydrogen) atoms. The van der Waals surface area contributed by atoms with E-state index in [2.05, 4.69) is 15.4 Å². The molecule has 0 aliphatic carbocycles. The number of amides is 2. The van der Waals surface area contributed by atoms with Crippen molar-refractivity contribution in [3.05, 3.63) is 39.8 Å². The molecular weight excluding hydrogens is 368 g/mol. The van der Waals surface area contributed by atoms with Gasteiger partial charge in [-0.15, -0.1) is 0 Å². The number of nitrogens with zero attached hydrogens (tertiary/aromatic N) is 4. The van der Waals surface area contributed by atoms with Gasteiger partial charge in [-0.1, -0.05) is 11.6 Å². The first-order valence-corrected chi connectivity index (χ1v) is 9.03. The minimum atomic E-state index is -0.582. The third kappa shape index (κ3) is 3.49. The van der Waals surface area contributed by atoms with Gasteiger partial charge in [0, 0.05) is 50.4 Å². The molecular formula is C18H23ClN6O2. The summed E-state index contributed by atoms with van der Waals surface area (Å²) in [6, 6.07) is 1.42. The third-order valence-electron chi connectivity index (χ3n) is 5.21. The fraction of sp³-hybridized carbons (Fsp3) is 0.444. The van der Waals surface area contributed by atoms with Gasteiger partial charge < -0.3 is 16.0 Å². The lowest BCUT2D eigenvalue weighted by atomic mass is 9.92. The molecule has 1 aliphatic heterocycles. The molecule has 0 spiro atoms. The van der Waals surface area contributed by atoms with Crippen LogP contribution in [0.1, 0.15) is 39.8 Å². The van der Waals surface area contributed by atoms with E-state index in [-0.39, 0.29) is 23.4 Å². The van der Waals surface area contributed by atoms with E-state index in [1.54, 1.807) is 4.90 Å². The molecule has 0 radical (unpaired) electrons. The zero-order valence-corrected chi connectivity index (χ0v) is 16.5. The van der Waals surface area contributed by atoms with Crippen molar-refractivity contribution in [2.75, 3.05) is 18.9 Å². The molecule has 1 fully saturated rings. The van der Waals surface area contributed by atoms with E-state index < -0.39 is 5.91 Å². The van der Waals surface area contributed by atoms with Crippen LogP contribution in [0.5, 0.6) is 0 Å². The number of carbonyl (C=O) groups is 2. The number of nitrogens with two attached hydrogens (primary N) is 1. The summed E-state index contributed by atoms with van der Waals surface area (Å²) in [6.07, 6.45) is 1.81. The van der Waals surface area contributed by atoms with Crippen LogP contribution in [0.25, 0.3) is 0 Å². The van der Waals surface area contributed by atoms with Crippen LogP contribution in [0.4, 0.5) is 5.82 Å². The average Bonchev–Trinajstić information content (AvgIpc) is 3.02. The van der Waals surface area contributed by atoms with Gasteiger partial charge in [-0.3, -0.25) is 14.3 Å². The van der Waals surface area contributed by atoms with Gasteiger partial charge in [0.15, 0.2) is 0 Å². The molecule has 2 aromatic rings. The molecule has 0 saturated carbocycles. The van der Waals surface area contributed by atoms with Crippen molar-refractivity contribution < 1.29 is 9.59 Å². The minimum Gasteiger partial charge on any atom is -0.368 e. The second-order valence-corrected chi connectivity index (χ2v) is 7.33. The Labute approximate surface area is 162 Å². The number of rotatable bonds is 5. The number of likely N-dealkylation sites (tertiary alicyclic amines) is 1. The predicted molar refractivity (Wildman–Crippen MR) is 103 cm³/mol. The summed E-state index contributed by atoms with van der Waals surface area (Å²) in [5.74, 6) is 0.0129. The van der Waals surface area contributed by atoms with Crippen molar-refractivity contribution >= 4 is 29.2 Å². The van der Waals surface area contributed by atoms with Crippen LogP contribution in [0.2, 0.25) is 5.02 Å². The Hall–Kier alpha value is -2.61. The lowest BCUT2D eigenvalue weighted by molar-refractivity contribution is -0.127. The first-order valence-electron chi connectivity index (χ1n) is 8.65. The average molecular weight is 391 g/mol. The number of anilines is 1. The standard InChI is InChI=1S/C18H23ClN6O2/c1-9-15(10(2)25(4)23-9)16-11(6-14(26)24(16)3)7-21-18-13(19)5-12(8-22-18)17(20)27/h5,8,11,16H,6-7H2,1-4H3,(H2,20,27)(H,21,22)/t11-,16+/m0/s1. The molecule has 8 nitrogen and oxygen atoms in total. The van der Waals surface area contributed by atoms with Crippen LogP contribution >= 0.6 is 11.6 Å². The highest BCUT2D eigenvalue weighted by molar-refractivity contribution is 6.33. The molecule has 3 heterocycles. The summed E-state index contributed by atoms with van der Waals surface area (Å²) in [5, 5.41) is 8.01. The highest BCUT2D eigenvalue weighted by atomic mass is 35.5. The van der Waals surface area contributed by atoms with Crippen LogP contribution in [-0.4, -0.2) is 45.1 Å². The van der Waals surface area contributed by atoms with Crippen molar-refractivity contribution in [3.63, 3.8) is 0 Å². The molecule has 144 valence electrons. The Kier molecular flexibility index (Phi) is 5.10. The number of pyridine rings is 1. The number of nitrogens with one attached hydrogen (secondary N) is 1. The topological polar surface area (TPSA) is 106 Å². The minimum absolute atomic E-state index is 0.0396. The van der Waals surface area contributed by atoms with Gasteiger partial charge in [0.05, 0.1) is 22.3 Å². The van der Waals surface area contributed by atoms with Crippen molar-refractivity contribution in [1.29, 1.82) is 0 Å². The summed E-state index contributed by atoms with van der Waals surface area (Å²) >= 11 is 6.20. The zero-order chi connectivity index (χ0) is 19.9. The zero-order valence-electron chi connectivity index (χ0n) is 15.8. The Morgan fingerprint density at radius 2 is 2.11 bits per heavy atom. The molecule has 3 rings (SSSR count). The summed E-state index contributed by atoms with van der Waals surface area (Å²) in [7, 11) is 3.73. The summed E-state index contributed by atoms with van der Waals surface area (Å²) in [6.45, 7) is 4.49. The highest BCUT2D eigenvalue weighted by Gasteiger charge is 2.40. The fourth-order valence-electron chi connectivity index (χ4n) is 3.71. The molecule has 0 aromatic carbocycles. The first kappa shape index (κ1) is 19.2. The van der Waals surface area contributed by atoms with E-state index >= 15 is 0 Å². The summed E-state index contributed by atoms with van der Waals surface area (Å²) in [4.78, 5) is 29.6. The molecule has 0 bridgehead atoms. The van der Waals surface area contributed by atoms with E-state index in [9.17, 15) is 9.59 Å². The Bertz CT molecular complexity index is 909. The van der Waals surface area contributed by atoms with Crippen molar-refractivity contribution in [2.24, 2.45) is 18.7 Å². The van der Waals surface area contributed by atoms with E-state index in [1.165, 1.54) is 12.3 Å². The van der Waals surface area contributed by atoms with Gasteiger partial charge in [-0.25, -0.2) is 4.98 Å². The smallest absolute Gasteiger partial charge is 0.250 e. The van der Waals surface area contributed by atoms with Crippen LogP contribution in [0.3, 0.4) is 0 Å².